The highest BCUT2D eigenvalue weighted by Gasteiger charge is 2.77. The molecule has 10 nitrogen and oxygen atoms in total. The number of benzene rings is 2. The molecule has 2 aliphatic heterocycles. The van der Waals surface area contributed by atoms with Gasteiger partial charge in [-0.25, -0.2) is 14.6 Å². The maximum absolute atomic E-state index is 14.3. The highest BCUT2D eigenvalue weighted by Crippen LogP contribution is 2.69. The molecule has 5 aliphatic rings. The van der Waals surface area contributed by atoms with Crippen LogP contribution in [0.4, 0.5) is 11.4 Å². The van der Waals surface area contributed by atoms with E-state index in [9.17, 15) is 24.0 Å². The number of anilines is 2. The van der Waals surface area contributed by atoms with Crippen molar-refractivity contribution in [2.75, 3.05) is 30.6 Å². The van der Waals surface area contributed by atoms with Gasteiger partial charge in [0, 0.05) is 16.9 Å². The molecule has 3 fully saturated rings. The van der Waals surface area contributed by atoms with Crippen molar-refractivity contribution in [1.29, 1.82) is 0 Å². The van der Waals surface area contributed by atoms with E-state index < -0.39 is 64.6 Å². The zero-order valence-corrected chi connectivity index (χ0v) is 23.4. The van der Waals surface area contributed by atoms with E-state index in [0.29, 0.717) is 17.1 Å². The second-order valence-corrected chi connectivity index (χ2v) is 11.0. The molecular weight excluding hydrogens is 528 g/mol. The van der Waals surface area contributed by atoms with Gasteiger partial charge in [-0.1, -0.05) is 36.8 Å². The van der Waals surface area contributed by atoms with E-state index in [1.807, 2.05) is 0 Å². The monoisotopic (exact) mass is 558 g/mol. The second-order valence-electron chi connectivity index (χ2n) is 11.0. The van der Waals surface area contributed by atoms with Gasteiger partial charge < -0.3 is 14.2 Å². The average molecular weight is 559 g/mol. The van der Waals surface area contributed by atoms with E-state index in [-0.39, 0.29) is 23.6 Å². The van der Waals surface area contributed by atoms with E-state index in [0.717, 1.165) is 9.80 Å². The van der Waals surface area contributed by atoms with Crippen molar-refractivity contribution in [2.24, 2.45) is 35.0 Å². The number of para-hydroxylation sites is 4. The molecule has 0 radical (unpaired) electrons. The quantitative estimate of drug-likeness (QED) is 0.392. The molecule has 2 bridgehead atoms. The van der Waals surface area contributed by atoms with Gasteiger partial charge >= 0.3 is 5.97 Å². The van der Waals surface area contributed by atoms with Crippen LogP contribution in [-0.4, -0.2) is 50.4 Å². The summed E-state index contributed by atoms with van der Waals surface area (Å²) in [5.74, 6) is -6.95. The summed E-state index contributed by atoms with van der Waals surface area (Å²) in [6, 6.07) is 13.4. The summed E-state index contributed by atoms with van der Waals surface area (Å²) in [7, 11) is 2.89. The molecule has 2 heterocycles. The molecule has 7 rings (SSSR count). The van der Waals surface area contributed by atoms with E-state index >= 15 is 0 Å². The number of hydrogen-bond donors (Lipinski definition) is 0. The third kappa shape index (κ3) is 3.27. The Bertz CT molecular complexity index is 1470. The molecule has 4 amide bonds. The number of imide groups is 2. The number of hydrogen-bond acceptors (Lipinski definition) is 8. The third-order valence-electron chi connectivity index (χ3n) is 9.33. The van der Waals surface area contributed by atoms with Crippen LogP contribution in [0.1, 0.15) is 20.8 Å². The summed E-state index contributed by atoms with van der Waals surface area (Å²) in [4.78, 5) is 72.8. The first kappa shape index (κ1) is 26.7. The summed E-state index contributed by atoms with van der Waals surface area (Å²) in [5, 5.41) is 0. The van der Waals surface area contributed by atoms with Crippen molar-refractivity contribution in [2.45, 2.75) is 20.8 Å². The van der Waals surface area contributed by atoms with Crippen LogP contribution in [0.5, 0.6) is 11.5 Å². The molecule has 2 saturated heterocycles. The fourth-order valence-corrected chi connectivity index (χ4v) is 7.91. The first-order valence-electron chi connectivity index (χ1n) is 13.5. The average Bonchev–Trinajstić information content (AvgIpc) is 3.39. The minimum absolute atomic E-state index is 0.0823. The lowest BCUT2D eigenvalue weighted by atomic mass is 9.43. The number of allylic oxidation sites excluding steroid dienone is 1. The predicted molar refractivity (Wildman–Crippen MR) is 146 cm³/mol. The van der Waals surface area contributed by atoms with Crippen LogP contribution in [0.2, 0.25) is 0 Å². The van der Waals surface area contributed by atoms with Crippen molar-refractivity contribution in [3.63, 3.8) is 0 Å². The predicted octanol–water partition coefficient (Wildman–Crippen LogP) is 3.14. The van der Waals surface area contributed by atoms with Crippen LogP contribution in [0.3, 0.4) is 0 Å². The van der Waals surface area contributed by atoms with Crippen LogP contribution >= 0.6 is 0 Å². The minimum Gasteiger partial charge on any atom is -0.495 e. The molecule has 212 valence electrons. The fraction of sp³-hybridized carbons (Fsp3) is 0.387. The van der Waals surface area contributed by atoms with E-state index in [1.165, 1.54) is 14.2 Å². The molecule has 41 heavy (non-hydrogen) atoms. The molecule has 2 aromatic rings. The maximum atomic E-state index is 14.3. The highest BCUT2D eigenvalue weighted by atomic mass is 16.5. The van der Waals surface area contributed by atoms with Gasteiger partial charge in [0.1, 0.15) is 11.5 Å². The van der Waals surface area contributed by atoms with Gasteiger partial charge in [0.05, 0.1) is 55.9 Å². The molecular formula is C31H30N2O8. The normalized spacial score (nSPS) is 30.1. The lowest BCUT2D eigenvalue weighted by molar-refractivity contribution is -0.155. The Labute approximate surface area is 236 Å². The molecule has 0 unspecified atom stereocenters. The van der Waals surface area contributed by atoms with Gasteiger partial charge in [0.25, 0.3) is 0 Å². The first-order valence-corrected chi connectivity index (χ1v) is 13.5. The lowest BCUT2D eigenvalue weighted by Crippen LogP contribution is -2.61. The number of rotatable bonds is 6. The van der Waals surface area contributed by atoms with Crippen LogP contribution in [0.25, 0.3) is 0 Å². The number of nitrogens with zero attached hydrogens (tertiary/aromatic N) is 2. The molecule has 0 N–H and O–H groups in total. The van der Waals surface area contributed by atoms with Gasteiger partial charge in [-0.2, -0.15) is 0 Å². The molecule has 2 aromatic carbocycles. The third-order valence-corrected chi connectivity index (χ3v) is 9.33. The van der Waals surface area contributed by atoms with Crippen molar-refractivity contribution in [3.05, 3.63) is 59.7 Å². The molecule has 3 aliphatic carbocycles. The van der Waals surface area contributed by atoms with Crippen molar-refractivity contribution < 1.29 is 38.2 Å². The number of carbonyl (C=O) groups is 5. The van der Waals surface area contributed by atoms with Gasteiger partial charge in [0.15, 0.2) is 0 Å². The van der Waals surface area contributed by atoms with Crippen molar-refractivity contribution in [3.8, 4) is 11.5 Å². The second kappa shape index (κ2) is 9.29. The lowest BCUT2D eigenvalue weighted by Gasteiger charge is -2.55. The number of carbonyl (C=O) groups excluding carboxylic acids is 5. The highest BCUT2D eigenvalue weighted by molar-refractivity contribution is 6.28. The van der Waals surface area contributed by atoms with Gasteiger partial charge in [-0.3, -0.25) is 19.2 Å². The van der Waals surface area contributed by atoms with Crippen molar-refractivity contribution >= 4 is 41.0 Å². The fourth-order valence-electron chi connectivity index (χ4n) is 7.91. The maximum Gasteiger partial charge on any atom is 0.334 e. The molecule has 4 atom stereocenters. The molecule has 0 spiro atoms. The van der Waals surface area contributed by atoms with E-state index in [4.69, 9.17) is 14.2 Å². The van der Waals surface area contributed by atoms with E-state index in [1.54, 1.807) is 69.3 Å². The van der Waals surface area contributed by atoms with Gasteiger partial charge in [-0.05, 0) is 38.1 Å². The topological polar surface area (TPSA) is 120 Å². The Morgan fingerprint density at radius 2 is 1.20 bits per heavy atom. The summed E-state index contributed by atoms with van der Waals surface area (Å²) >= 11 is 0. The number of ether oxygens (including phenoxy) is 3. The Kier molecular flexibility index (Phi) is 6.06. The largest absolute Gasteiger partial charge is 0.495 e. The zero-order chi connectivity index (χ0) is 29.4. The van der Waals surface area contributed by atoms with Gasteiger partial charge in [0.2, 0.25) is 23.6 Å². The summed E-state index contributed by atoms with van der Waals surface area (Å²) in [5.41, 5.74) is -0.252. The minimum atomic E-state index is -1.49. The Morgan fingerprint density at radius 1 is 0.756 bits per heavy atom. The summed E-state index contributed by atoms with van der Waals surface area (Å²) < 4.78 is 16.3. The molecule has 0 aromatic heterocycles. The number of amides is 4. The number of esters is 1. The number of methoxy groups -OCH3 is 2. The molecule has 10 heteroatoms. The van der Waals surface area contributed by atoms with E-state index in [2.05, 4.69) is 0 Å². The Morgan fingerprint density at radius 3 is 1.61 bits per heavy atom. The SMILES string of the molecule is CCOC(=O)C1=C(C)C2[C@@H]3C(=O)N(c4ccccc4OC)C(=O)[C@@H]3C1(C)[C@H]1C(=O)N(c3ccccc3OC)C(=O)[C@@H]21. The smallest absolute Gasteiger partial charge is 0.334 e. The molecule has 1 saturated carbocycles. The van der Waals surface area contributed by atoms with Gasteiger partial charge in [-0.15, -0.1) is 0 Å². The Hall–Kier alpha value is -4.47. The van der Waals surface area contributed by atoms with Crippen LogP contribution in [-0.2, 0) is 28.7 Å². The standard InChI is InChI=1S/C31H30N2O8/c1-6-41-30(38)23-15(2)20-21-24(28(36)32(26(21)34)16-11-7-9-13-18(16)39-4)31(23,3)25-22(20)27(35)33(29(25)37)17-12-8-10-14-19(17)40-5/h7-14,20-22,24-25H,6H2,1-5H3/t20?,21-,22-,24+,25+,31?/m0/s1. The zero-order valence-electron chi connectivity index (χ0n) is 23.4. The van der Waals surface area contributed by atoms with Crippen LogP contribution in [0, 0.1) is 35.0 Å². The Balaban J connectivity index is 1.56. The van der Waals surface area contributed by atoms with Crippen molar-refractivity contribution in [1.82, 2.24) is 0 Å². The van der Waals surface area contributed by atoms with Crippen LogP contribution < -0.4 is 19.3 Å². The van der Waals surface area contributed by atoms with Crippen LogP contribution in [0.15, 0.2) is 59.7 Å². The first-order chi connectivity index (χ1) is 19.6. The summed E-state index contributed by atoms with van der Waals surface area (Å²) in [6.07, 6.45) is 0. The summed E-state index contributed by atoms with van der Waals surface area (Å²) in [6.45, 7) is 5.11.